The van der Waals surface area contributed by atoms with E-state index in [0.29, 0.717) is 19.0 Å². The van der Waals surface area contributed by atoms with E-state index in [1.54, 1.807) is 0 Å². The van der Waals surface area contributed by atoms with Gasteiger partial charge in [0.2, 0.25) is 5.91 Å². The number of fused-ring (bicyclic) bond motifs is 1. The maximum absolute atomic E-state index is 12.3. The van der Waals surface area contributed by atoms with Gasteiger partial charge in [0.1, 0.15) is 0 Å². The first-order chi connectivity index (χ1) is 10.2. The van der Waals surface area contributed by atoms with Gasteiger partial charge in [-0.1, -0.05) is 0 Å². The van der Waals surface area contributed by atoms with Crippen LogP contribution < -0.4 is 14.8 Å². The van der Waals surface area contributed by atoms with Gasteiger partial charge in [0.25, 0.3) is 0 Å². The Morgan fingerprint density at radius 1 is 1.10 bits per heavy atom. The lowest BCUT2D eigenvalue weighted by molar-refractivity contribution is -0.120. The molecular formula is C17H23NO3. The molecule has 2 fully saturated rings. The zero-order valence-corrected chi connectivity index (χ0v) is 12.7. The van der Waals surface area contributed by atoms with E-state index in [4.69, 9.17) is 9.47 Å². The van der Waals surface area contributed by atoms with Crippen molar-refractivity contribution in [3.63, 3.8) is 0 Å². The minimum absolute atomic E-state index is 0.147. The molecule has 0 radical (unpaired) electrons. The number of ether oxygens (including phenoxy) is 2. The highest BCUT2D eigenvalue weighted by molar-refractivity contribution is 5.93. The first-order valence-corrected chi connectivity index (χ1v) is 7.91. The number of hydrogen-bond donors (Lipinski definition) is 1. The lowest BCUT2D eigenvalue weighted by Crippen LogP contribution is -2.21. The van der Waals surface area contributed by atoms with Gasteiger partial charge in [-0.15, -0.1) is 0 Å². The van der Waals surface area contributed by atoms with Gasteiger partial charge < -0.3 is 14.8 Å². The van der Waals surface area contributed by atoms with Gasteiger partial charge in [0, 0.05) is 17.7 Å². The number of carbonyl (C=O) groups is 1. The van der Waals surface area contributed by atoms with Crippen molar-refractivity contribution in [2.24, 2.45) is 17.8 Å². The molecule has 2 unspecified atom stereocenters. The number of carbonyl (C=O) groups excluding carboxylic acids is 1. The third kappa shape index (κ3) is 3.14. The summed E-state index contributed by atoms with van der Waals surface area (Å²) >= 11 is 0. The first-order valence-electron chi connectivity index (χ1n) is 7.91. The van der Waals surface area contributed by atoms with Gasteiger partial charge in [0.05, 0.1) is 13.2 Å². The summed E-state index contributed by atoms with van der Waals surface area (Å²) in [5.41, 5.74) is 0.785. The maximum Gasteiger partial charge on any atom is 0.227 e. The molecule has 1 N–H and O–H groups in total. The van der Waals surface area contributed by atoms with E-state index in [-0.39, 0.29) is 11.8 Å². The largest absolute Gasteiger partial charge is 0.490 e. The lowest BCUT2D eigenvalue weighted by atomic mass is 10.0. The van der Waals surface area contributed by atoms with Crippen molar-refractivity contribution in [3.8, 4) is 11.5 Å². The monoisotopic (exact) mass is 289 g/mol. The third-order valence-electron chi connectivity index (χ3n) is 4.43. The Bertz CT molecular complexity index is 519. The van der Waals surface area contributed by atoms with Crippen LogP contribution in [0.4, 0.5) is 5.69 Å². The molecule has 1 aromatic rings. The van der Waals surface area contributed by atoms with Crippen molar-refractivity contribution >= 4 is 11.6 Å². The van der Waals surface area contributed by atoms with Gasteiger partial charge in [-0.05, 0) is 57.1 Å². The van der Waals surface area contributed by atoms with Crippen LogP contribution in [-0.4, -0.2) is 19.1 Å². The molecule has 114 valence electrons. The average Bonchev–Trinajstić information content (AvgIpc) is 3.08. The molecule has 4 heteroatoms. The normalized spacial score (nSPS) is 26.1. The zero-order valence-electron chi connectivity index (χ0n) is 12.7. The van der Waals surface area contributed by atoms with Gasteiger partial charge in [-0.2, -0.15) is 0 Å². The summed E-state index contributed by atoms with van der Waals surface area (Å²) in [5, 5.41) is 3.02. The quantitative estimate of drug-likeness (QED) is 0.872. The fourth-order valence-electron chi connectivity index (χ4n) is 3.30. The smallest absolute Gasteiger partial charge is 0.227 e. The molecule has 1 aromatic carbocycles. The summed E-state index contributed by atoms with van der Waals surface area (Å²) in [6, 6.07) is 5.58. The van der Waals surface area contributed by atoms with Crippen LogP contribution in [0.15, 0.2) is 18.2 Å². The van der Waals surface area contributed by atoms with Crippen LogP contribution in [-0.2, 0) is 4.79 Å². The van der Waals surface area contributed by atoms with Crippen LogP contribution in [0.5, 0.6) is 11.5 Å². The van der Waals surface area contributed by atoms with Crippen molar-refractivity contribution in [2.75, 3.05) is 18.5 Å². The van der Waals surface area contributed by atoms with E-state index in [1.165, 1.54) is 6.42 Å². The van der Waals surface area contributed by atoms with Crippen LogP contribution in [0.2, 0.25) is 0 Å². The summed E-state index contributed by atoms with van der Waals surface area (Å²) in [5.74, 6) is 3.38. The van der Waals surface area contributed by atoms with Gasteiger partial charge in [-0.25, -0.2) is 0 Å². The van der Waals surface area contributed by atoms with Crippen molar-refractivity contribution < 1.29 is 14.3 Å². The Morgan fingerprint density at radius 3 is 2.43 bits per heavy atom. The lowest BCUT2D eigenvalue weighted by Gasteiger charge is -2.15. The van der Waals surface area contributed by atoms with E-state index in [1.807, 2.05) is 32.0 Å². The molecule has 4 nitrogen and oxygen atoms in total. The number of benzene rings is 1. The van der Waals surface area contributed by atoms with Crippen molar-refractivity contribution in [3.05, 3.63) is 18.2 Å². The van der Waals surface area contributed by atoms with Crippen LogP contribution in [0.1, 0.15) is 33.1 Å². The molecule has 0 heterocycles. The SMILES string of the molecule is CCOc1ccc(NC(=O)C2CC3CC3C2)cc1OCC. The Morgan fingerprint density at radius 2 is 1.76 bits per heavy atom. The van der Waals surface area contributed by atoms with E-state index in [0.717, 1.165) is 36.1 Å². The Labute approximate surface area is 125 Å². The third-order valence-corrected chi connectivity index (χ3v) is 4.43. The standard InChI is InChI=1S/C17H23NO3/c1-3-20-15-6-5-14(10-16(15)21-4-2)18-17(19)13-8-11-7-12(11)9-13/h5-6,10-13H,3-4,7-9H2,1-2H3,(H,18,19). The molecule has 0 saturated heterocycles. The van der Waals surface area contributed by atoms with Crippen LogP contribution in [0, 0.1) is 17.8 Å². The molecule has 0 aliphatic heterocycles. The number of rotatable bonds is 6. The van der Waals surface area contributed by atoms with Crippen LogP contribution in [0.25, 0.3) is 0 Å². The molecule has 21 heavy (non-hydrogen) atoms. The fourth-order valence-corrected chi connectivity index (χ4v) is 3.30. The van der Waals surface area contributed by atoms with Crippen LogP contribution >= 0.6 is 0 Å². The summed E-state index contributed by atoms with van der Waals surface area (Å²) in [6.07, 6.45) is 3.46. The first kappa shape index (κ1) is 14.2. The van der Waals surface area contributed by atoms with E-state index in [9.17, 15) is 4.79 Å². The number of anilines is 1. The molecule has 2 aliphatic rings. The fraction of sp³-hybridized carbons (Fsp3) is 0.588. The molecule has 1 amide bonds. The Hall–Kier alpha value is -1.71. The molecule has 0 bridgehead atoms. The van der Waals surface area contributed by atoms with Crippen molar-refractivity contribution in [1.29, 1.82) is 0 Å². The predicted octanol–water partition coefficient (Wildman–Crippen LogP) is 3.47. The predicted molar refractivity (Wildman–Crippen MR) is 81.7 cm³/mol. The zero-order chi connectivity index (χ0) is 14.8. The maximum atomic E-state index is 12.3. The summed E-state index contributed by atoms with van der Waals surface area (Å²) in [7, 11) is 0. The summed E-state index contributed by atoms with van der Waals surface area (Å²) < 4.78 is 11.1. The topological polar surface area (TPSA) is 47.6 Å². The molecule has 3 rings (SSSR count). The Kier molecular flexibility index (Phi) is 4.04. The Balaban J connectivity index is 1.66. The molecule has 2 aliphatic carbocycles. The highest BCUT2D eigenvalue weighted by atomic mass is 16.5. The van der Waals surface area contributed by atoms with E-state index >= 15 is 0 Å². The summed E-state index contributed by atoms with van der Waals surface area (Å²) in [6.45, 7) is 5.04. The van der Waals surface area contributed by atoms with Crippen LogP contribution in [0.3, 0.4) is 0 Å². The van der Waals surface area contributed by atoms with Gasteiger partial charge in [0.15, 0.2) is 11.5 Å². The second-order valence-electron chi connectivity index (χ2n) is 5.94. The molecule has 2 saturated carbocycles. The van der Waals surface area contributed by atoms with Crippen molar-refractivity contribution in [2.45, 2.75) is 33.1 Å². The minimum atomic E-state index is 0.147. The second-order valence-corrected chi connectivity index (χ2v) is 5.94. The second kappa shape index (κ2) is 5.96. The average molecular weight is 289 g/mol. The van der Waals surface area contributed by atoms with Crippen molar-refractivity contribution in [1.82, 2.24) is 0 Å². The minimum Gasteiger partial charge on any atom is -0.490 e. The van der Waals surface area contributed by atoms with Gasteiger partial charge >= 0.3 is 0 Å². The highest BCUT2D eigenvalue weighted by Gasteiger charge is 2.47. The number of amides is 1. The summed E-state index contributed by atoms with van der Waals surface area (Å²) in [4.78, 5) is 12.3. The van der Waals surface area contributed by atoms with E-state index < -0.39 is 0 Å². The van der Waals surface area contributed by atoms with E-state index in [2.05, 4.69) is 5.32 Å². The molecule has 0 spiro atoms. The van der Waals surface area contributed by atoms with Gasteiger partial charge in [-0.3, -0.25) is 4.79 Å². The molecule has 2 atom stereocenters. The molecular weight excluding hydrogens is 266 g/mol. The molecule has 0 aromatic heterocycles. The highest BCUT2D eigenvalue weighted by Crippen LogP contribution is 2.54. The number of nitrogens with one attached hydrogen (secondary N) is 1. The number of hydrogen-bond acceptors (Lipinski definition) is 3.